The van der Waals surface area contributed by atoms with E-state index in [1.54, 1.807) is 6.92 Å². The standard InChI is InChI=1S/C15H22N2O2/c1-4-5-6-13-7-9-14(10-8-13)17-15(19)11(2)16-12(3)18/h7-11H,4-6H2,1-3H3,(H,16,18)(H,17,19). The second kappa shape index (κ2) is 7.56. The van der Waals surface area contributed by atoms with Crippen LogP contribution in [0.4, 0.5) is 5.69 Å². The minimum Gasteiger partial charge on any atom is -0.345 e. The molecule has 1 aromatic rings. The number of hydrogen-bond acceptors (Lipinski definition) is 2. The van der Waals surface area contributed by atoms with Crippen LogP contribution in [-0.4, -0.2) is 17.9 Å². The highest BCUT2D eigenvalue weighted by atomic mass is 16.2. The van der Waals surface area contributed by atoms with Crippen LogP contribution in [0.1, 0.15) is 39.2 Å². The number of carbonyl (C=O) groups is 2. The summed E-state index contributed by atoms with van der Waals surface area (Å²) < 4.78 is 0. The van der Waals surface area contributed by atoms with Crippen molar-refractivity contribution in [2.75, 3.05) is 5.32 Å². The van der Waals surface area contributed by atoms with Crippen LogP contribution in [0.5, 0.6) is 0 Å². The minimum atomic E-state index is -0.530. The first-order valence-electron chi connectivity index (χ1n) is 6.69. The van der Waals surface area contributed by atoms with Gasteiger partial charge in [0.1, 0.15) is 6.04 Å². The molecule has 0 saturated carbocycles. The van der Waals surface area contributed by atoms with Gasteiger partial charge >= 0.3 is 0 Å². The summed E-state index contributed by atoms with van der Waals surface area (Å²) in [6.07, 6.45) is 3.41. The molecule has 0 aliphatic carbocycles. The second-order valence-corrected chi connectivity index (χ2v) is 4.71. The zero-order valence-corrected chi connectivity index (χ0v) is 11.8. The van der Waals surface area contributed by atoms with Gasteiger partial charge in [0.2, 0.25) is 11.8 Å². The molecule has 0 bridgehead atoms. The number of unbranched alkanes of at least 4 members (excludes halogenated alkanes) is 1. The van der Waals surface area contributed by atoms with Crippen molar-refractivity contribution >= 4 is 17.5 Å². The second-order valence-electron chi connectivity index (χ2n) is 4.71. The summed E-state index contributed by atoms with van der Waals surface area (Å²) in [7, 11) is 0. The van der Waals surface area contributed by atoms with Gasteiger partial charge in [0.15, 0.2) is 0 Å². The van der Waals surface area contributed by atoms with Gasteiger partial charge in [0.25, 0.3) is 0 Å². The Morgan fingerprint density at radius 1 is 1.21 bits per heavy atom. The molecule has 2 amide bonds. The fourth-order valence-electron chi connectivity index (χ4n) is 1.76. The summed E-state index contributed by atoms with van der Waals surface area (Å²) in [4.78, 5) is 22.6. The molecule has 4 heteroatoms. The van der Waals surface area contributed by atoms with Crippen molar-refractivity contribution in [3.05, 3.63) is 29.8 Å². The highest BCUT2D eigenvalue weighted by Crippen LogP contribution is 2.12. The summed E-state index contributed by atoms with van der Waals surface area (Å²) in [6, 6.07) is 7.30. The Kier molecular flexibility index (Phi) is 6.06. The molecule has 4 nitrogen and oxygen atoms in total. The first kappa shape index (κ1) is 15.2. The van der Waals surface area contributed by atoms with E-state index >= 15 is 0 Å². The Balaban J connectivity index is 2.52. The van der Waals surface area contributed by atoms with Gasteiger partial charge in [-0.3, -0.25) is 9.59 Å². The number of carbonyl (C=O) groups excluding carboxylic acids is 2. The van der Waals surface area contributed by atoms with Crippen LogP contribution in [0, 0.1) is 0 Å². The molecule has 0 radical (unpaired) electrons. The highest BCUT2D eigenvalue weighted by molar-refractivity contribution is 5.96. The Morgan fingerprint density at radius 3 is 2.37 bits per heavy atom. The molecule has 104 valence electrons. The number of aryl methyl sites for hydroxylation is 1. The molecule has 0 saturated heterocycles. The maximum Gasteiger partial charge on any atom is 0.246 e. The van der Waals surface area contributed by atoms with Crippen molar-refractivity contribution in [2.24, 2.45) is 0 Å². The van der Waals surface area contributed by atoms with E-state index in [0.29, 0.717) is 0 Å². The molecule has 0 heterocycles. The molecule has 1 atom stereocenters. The number of anilines is 1. The third-order valence-electron chi connectivity index (χ3n) is 2.85. The van der Waals surface area contributed by atoms with Crippen LogP contribution in [0.3, 0.4) is 0 Å². The van der Waals surface area contributed by atoms with Crippen molar-refractivity contribution < 1.29 is 9.59 Å². The van der Waals surface area contributed by atoms with Crippen LogP contribution in [0.2, 0.25) is 0 Å². The van der Waals surface area contributed by atoms with Crippen molar-refractivity contribution in [1.29, 1.82) is 0 Å². The minimum absolute atomic E-state index is 0.211. The number of hydrogen-bond donors (Lipinski definition) is 2. The van der Waals surface area contributed by atoms with Gasteiger partial charge in [-0.15, -0.1) is 0 Å². The Labute approximate surface area is 114 Å². The topological polar surface area (TPSA) is 58.2 Å². The molecule has 0 aliphatic heterocycles. The summed E-state index contributed by atoms with van der Waals surface area (Å²) in [6.45, 7) is 5.22. The zero-order chi connectivity index (χ0) is 14.3. The predicted molar refractivity (Wildman–Crippen MR) is 77.0 cm³/mol. The molecule has 1 aromatic carbocycles. The lowest BCUT2D eigenvalue weighted by atomic mass is 10.1. The summed E-state index contributed by atoms with van der Waals surface area (Å²) in [5, 5.41) is 5.33. The summed E-state index contributed by atoms with van der Waals surface area (Å²) >= 11 is 0. The number of amides is 2. The Morgan fingerprint density at radius 2 is 1.84 bits per heavy atom. The van der Waals surface area contributed by atoms with E-state index in [2.05, 4.69) is 17.6 Å². The van der Waals surface area contributed by atoms with E-state index in [-0.39, 0.29) is 11.8 Å². The largest absolute Gasteiger partial charge is 0.345 e. The van der Waals surface area contributed by atoms with Crippen LogP contribution >= 0.6 is 0 Å². The van der Waals surface area contributed by atoms with E-state index in [4.69, 9.17) is 0 Å². The fraction of sp³-hybridized carbons (Fsp3) is 0.467. The average Bonchev–Trinajstić information content (AvgIpc) is 2.37. The quantitative estimate of drug-likeness (QED) is 0.827. The lowest BCUT2D eigenvalue weighted by Gasteiger charge is -2.13. The summed E-state index contributed by atoms with van der Waals surface area (Å²) in [5.74, 6) is -0.422. The van der Waals surface area contributed by atoms with E-state index < -0.39 is 6.04 Å². The molecule has 0 fully saturated rings. The molecular weight excluding hydrogens is 240 g/mol. The van der Waals surface area contributed by atoms with Gasteiger partial charge in [-0.05, 0) is 37.5 Å². The van der Waals surface area contributed by atoms with E-state index in [1.165, 1.54) is 25.3 Å². The first-order valence-corrected chi connectivity index (χ1v) is 6.69. The van der Waals surface area contributed by atoms with E-state index in [0.717, 1.165) is 12.1 Å². The summed E-state index contributed by atoms with van der Waals surface area (Å²) in [5.41, 5.74) is 2.03. The zero-order valence-electron chi connectivity index (χ0n) is 11.8. The Bertz CT molecular complexity index is 426. The third-order valence-corrected chi connectivity index (χ3v) is 2.85. The van der Waals surface area contributed by atoms with Gasteiger partial charge in [-0.25, -0.2) is 0 Å². The number of benzene rings is 1. The van der Waals surface area contributed by atoms with Crippen molar-refractivity contribution in [3.63, 3.8) is 0 Å². The fourth-order valence-corrected chi connectivity index (χ4v) is 1.76. The van der Waals surface area contributed by atoms with Gasteiger partial charge in [0.05, 0.1) is 0 Å². The number of rotatable bonds is 6. The van der Waals surface area contributed by atoms with Crippen molar-refractivity contribution in [3.8, 4) is 0 Å². The van der Waals surface area contributed by atoms with E-state index in [9.17, 15) is 9.59 Å². The number of nitrogens with one attached hydrogen (secondary N) is 2. The molecule has 0 aromatic heterocycles. The predicted octanol–water partition coefficient (Wildman–Crippen LogP) is 2.49. The SMILES string of the molecule is CCCCc1ccc(NC(=O)C(C)NC(C)=O)cc1. The molecule has 19 heavy (non-hydrogen) atoms. The van der Waals surface area contributed by atoms with Crippen molar-refractivity contribution in [2.45, 2.75) is 46.1 Å². The molecule has 1 rings (SSSR count). The van der Waals surface area contributed by atoms with Crippen molar-refractivity contribution in [1.82, 2.24) is 5.32 Å². The van der Waals surface area contributed by atoms with Crippen LogP contribution in [-0.2, 0) is 16.0 Å². The molecule has 0 spiro atoms. The maximum atomic E-state index is 11.8. The monoisotopic (exact) mass is 262 g/mol. The molecule has 0 aliphatic rings. The average molecular weight is 262 g/mol. The molecule has 1 unspecified atom stereocenters. The third kappa shape index (κ3) is 5.55. The van der Waals surface area contributed by atoms with E-state index in [1.807, 2.05) is 24.3 Å². The van der Waals surface area contributed by atoms with Gasteiger partial charge in [0, 0.05) is 12.6 Å². The molecule has 2 N–H and O–H groups in total. The first-order chi connectivity index (χ1) is 9.02. The normalized spacial score (nSPS) is 11.7. The lowest BCUT2D eigenvalue weighted by molar-refractivity contribution is -0.124. The maximum absolute atomic E-state index is 11.8. The smallest absolute Gasteiger partial charge is 0.246 e. The Hall–Kier alpha value is -1.84. The molecular formula is C15H22N2O2. The van der Waals surface area contributed by atoms with Crippen LogP contribution < -0.4 is 10.6 Å². The van der Waals surface area contributed by atoms with Crippen LogP contribution in [0.25, 0.3) is 0 Å². The van der Waals surface area contributed by atoms with Gasteiger partial charge < -0.3 is 10.6 Å². The lowest BCUT2D eigenvalue weighted by Crippen LogP contribution is -2.40. The highest BCUT2D eigenvalue weighted by Gasteiger charge is 2.13. The van der Waals surface area contributed by atoms with Gasteiger partial charge in [-0.1, -0.05) is 25.5 Å². The van der Waals surface area contributed by atoms with Gasteiger partial charge in [-0.2, -0.15) is 0 Å². The van der Waals surface area contributed by atoms with Crippen LogP contribution in [0.15, 0.2) is 24.3 Å².